The van der Waals surface area contributed by atoms with Crippen LogP contribution in [0.4, 0.5) is 0 Å². The van der Waals surface area contributed by atoms with Crippen molar-refractivity contribution in [3.63, 3.8) is 0 Å². The van der Waals surface area contributed by atoms with Crippen LogP contribution in [0.2, 0.25) is 0 Å². The molecule has 1 aliphatic heterocycles. The van der Waals surface area contributed by atoms with Gasteiger partial charge < -0.3 is 5.32 Å². The van der Waals surface area contributed by atoms with Crippen molar-refractivity contribution in [2.45, 2.75) is 31.8 Å². The van der Waals surface area contributed by atoms with Gasteiger partial charge in [-0.2, -0.15) is 0 Å². The lowest BCUT2D eigenvalue weighted by Gasteiger charge is -2.38. The van der Waals surface area contributed by atoms with Crippen LogP contribution in [0.1, 0.15) is 17.5 Å². The summed E-state index contributed by atoms with van der Waals surface area (Å²) in [4.78, 5) is 6.99. The zero-order chi connectivity index (χ0) is 14.5. The molecule has 4 heteroatoms. The summed E-state index contributed by atoms with van der Waals surface area (Å²) < 4.78 is 0. The van der Waals surface area contributed by atoms with Crippen molar-refractivity contribution in [1.82, 2.24) is 15.2 Å². The minimum absolute atomic E-state index is 0.555. The maximum atomic E-state index is 4.39. The van der Waals surface area contributed by atoms with Gasteiger partial charge in [0.15, 0.2) is 0 Å². The highest BCUT2D eigenvalue weighted by molar-refractivity contribution is 7.09. The van der Waals surface area contributed by atoms with E-state index in [-0.39, 0.29) is 0 Å². The maximum absolute atomic E-state index is 4.39. The monoisotopic (exact) mass is 301 g/mol. The van der Waals surface area contributed by atoms with Gasteiger partial charge in [-0.3, -0.25) is 4.90 Å². The molecule has 0 bridgehead atoms. The molecule has 0 amide bonds. The van der Waals surface area contributed by atoms with Crippen LogP contribution in [0.25, 0.3) is 0 Å². The second kappa shape index (κ2) is 7.16. The number of nitrogens with zero attached hydrogens (tertiary/aromatic N) is 2. The number of rotatable bonds is 5. The van der Waals surface area contributed by atoms with Crippen molar-refractivity contribution in [3.8, 4) is 0 Å². The first-order valence-electron chi connectivity index (χ1n) is 7.71. The molecule has 21 heavy (non-hydrogen) atoms. The van der Waals surface area contributed by atoms with E-state index < -0.39 is 0 Å². The Balaban J connectivity index is 1.54. The number of nitrogens with one attached hydrogen (secondary N) is 1. The molecule has 1 N–H and O–H groups in total. The fourth-order valence-corrected chi connectivity index (χ4v) is 3.57. The summed E-state index contributed by atoms with van der Waals surface area (Å²) in [5, 5.41) is 7.00. The SMILES string of the molecule is CC1CNC(Cc2ccccc2)CN1CCc1nccs1. The molecular formula is C17H23N3S. The molecule has 2 aromatic rings. The molecule has 2 atom stereocenters. The van der Waals surface area contributed by atoms with Crippen LogP contribution in [0.15, 0.2) is 41.9 Å². The molecular weight excluding hydrogens is 278 g/mol. The second-order valence-electron chi connectivity index (χ2n) is 5.81. The second-order valence-corrected chi connectivity index (χ2v) is 6.79. The number of piperazine rings is 1. The largest absolute Gasteiger partial charge is 0.311 e. The van der Waals surface area contributed by atoms with Crippen molar-refractivity contribution in [3.05, 3.63) is 52.5 Å². The first kappa shape index (κ1) is 14.7. The van der Waals surface area contributed by atoms with E-state index in [0.29, 0.717) is 12.1 Å². The Morgan fingerprint density at radius 2 is 2.19 bits per heavy atom. The molecule has 2 heterocycles. The molecule has 0 radical (unpaired) electrons. The van der Waals surface area contributed by atoms with Crippen LogP contribution in [0.3, 0.4) is 0 Å². The van der Waals surface area contributed by atoms with Gasteiger partial charge in [0.1, 0.15) is 0 Å². The molecule has 0 saturated carbocycles. The quantitative estimate of drug-likeness (QED) is 0.920. The lowest BCUT2D eigenvalue weighted by molar-refractivity contribution is 0.142. The summed E-state index contributed by atoms with van der Waals surface area (Å²) >= 11 is 1.76. The topological polar surface area (TPSA) is 28.2 Å². The fraction of sp³-hybridized carbons (Fsp3) is 0.471. The third-order valence-electron chi connectivity index (χ3n) is 4.20. The summed E-state index contributed by atoms with van der Waals surface area (Å²) in [7, 11) is 0. The van der Waals surface area contributed by atoms with E-state index >= 15 is 0 Å². The van der Waals surface area contributed by atoms with E-state index in [2.05, 4.69) is 57.8 Å². The van der Waals surface area contributed by atoms with Gasteiger partial charge in [0, 0.05) is 49.7 Å². The third kappa shape index (κ3) is 4.13. The van der Waals surface area contributed by atoms with Gasteiger partial charge in [0.05, 0.1) is 5.01 Å². The van der Waals surface area contributed by atoms with Gasteiger partial charge in [-0.15, -0.1) is 11.3 Å². The van der Waals surface area contributed by atoms with Gasteiger partial charge in [0.25, 0.3) is 0 Å². The average molecular weight is 301 g/mol. The predicted octanol–water partition coefficient (Wildman–Crippen LogP) is 2.59. The van der Waals surface area contributed by atoms with E-state index in [0.717, 1.165) is 32.5 Å². The summed E-state index contributed by atoms with van der Waals surface area (Å²) in [6.45, 7) is 5.63. The zero-order valence-corrected chi connectivity index (χ0v) is 13.4. The number of hydrogen-bond donors (Lipinski definition) is 1. The predicted molar refractivity (Wildman–Crippen MR) is 88.8 cm³/mol. The molecule has 1 saturated heterocycles. The molecule has 112 valence electrons. The standard InChI is InChI=1S/C17H23N3S/c1-14-12-19-16(11-15-5-3-2-4-6-15)13-20(14)9-7-17-18-8-10-21-17/h2-6,8,10,14,16,19H,7,9,11-13H2,1H3. The average Bonchev–Trinajstić information content (AvgIpc) is 3.02. The molecule has 1 fully saturated rings. The summed E-state index contributed by atoms with van der Waals surface area (Å²) in [6, 6.07) is 11.9. The Bertz CT molecular complexity index is 526. The smallest absolute Gasteiger partial charge is 0.0937 e. The summed E-state index contributed by atoms with van der Waals surface area (Å²) in [5.74, 6) is 0. The van der Waals surface area contributed by atoms with Crippen molar-refractivity contribution >= 4 is 11.3 Å². The van der Waals surface area contributed by atoms with Crippen molar-refractivity contribution in [1.29, 1.82) is 0 Å². The van der Waals surface area contributed by atoms with Crippen LogP contribution in [0.5, 0.6) is 0 Å². The summed E-state index contributed by atoms with van der Waals surface area (Å²) in [5.41, 5.74) is 1.42. The van der Waals surface area contributed by atoms with Gasteiger partial charge in [-0.25, -0.2) is 4.98 Å². The molecule has 1 aliphatic rings. The van der Waals surface area contributed by atoms with Crippen molar-refractivity contribution in [2.24, 2.45) is 0 Å². The molecule has 1 aromatic carbocycles. The van der Waals surface area contributed by atoms with Crippen molar-refractivity contribution in [2.75, 3.05) is 19.6 Å². The number of hydrogen-bond acceptors (Lipinski definition) is 4. The molecule has 3 nitrogen and oxygen atoms in total. The highest BCUT2D eigenvalue weighted by Gasteiger charge is 2.24. The maximum Gasteiger partial charge on any atom is 0.0937 e. The first-order valence-corrected chi connectivity index (χ1v) is 8.59. The Hall–Kier alpha value is -1.23. The lowest BCUT2D eigenvalue weighted by atomic mass is 10.0. The van der Waals surface area contributed by atoms with E-state index in [1.807, 2.05) is 6.20 Å². The minimum Gasteiger partial charge on any atom is -0.311 e. The first-order chi connectivity index (χ1) is 10.3. The van der Waals surface area contributed by atoms with E-state index in [9.17, 15) is 0 Å². The minimum atomic E-state index is 0.555. The van der Waals surface area contributed by atoms with E-state index in [1.54, 1.807) is 11.3 Å². The van der Waals surface area contributed by atoms with Crippen LogP contribution >= 0.6 is 11.3 Å². The van der Waals surface area contributed by atoms with E-state index in [4.69, 9.17) is 0 Å². The normalized spacial score (nSPS) is 23.3. The number of thiazole rings is 1. The summed E-state index contributed by atoms with van der Waals surface area (Å²) in [6.07, 6.45) is 4.08. The van der Waals surface area contributed by atoms with Crippen LogP contribution in [0, 0.1) is 0 Å². The van der Waals surface area contributed by atoms with Gasteiger partial charge in [-0.05, 0) is 18.9 Å². The highest BCUT2D eigenvalue weighted by atomic mass is 32.1. The number of benzene rings is 1. The Morgan fingerprint density at radius 3 is 2.95 bits per heavy atom. The van der Waals surface area contributed by atoms with Gasteiger partial charge in [0.2, 0.25) is 0 Å². The van der Waals surface area contributed by atoms with Crippen LogP contribution < -0.4 is 5.32 Å². The van der Waals surface area contributed by atoms with Crippen LogP contribution in [-0.2, 0) is 12.8 Å². The Morgan fingerprint density at radius 1 is 1.33 bits per heavy atom. The lowest BCUT2D eigenvalue weighted by Crippen LogP contribution is -2.56. The van der Waals surface area contributed by atoms with E-state index in [1.165, 1.54) is 10.6 Å². The Kier molecular flexibility index (Phi) is 5.01. The molecule has 0 spiro atoms. The molecule has 2 unspecified atom stereocenters. The molecule has 3 rings (SSSR count). The zero-order valence-electron chi connectivity index (χ0n) is 12.5. The fourth-order valence-electron chi connectivity index (χ4n) is 2.96. The molecule has 1 aromatic heterocycles. The third-order valence-corrected chi connectivity index (χ3v) is 5.04. The molecule has 0 aliphatic carbocycles. The Labute approximate surface area is 131 Å². The van der Waals surface area contributed by atoms with Crippen molar-refractivity contribution < 1.29 is 0 Å². The highest BCUT2D eigenvalue weighted by Crippen LogP contribution is 2.13. The van der Waals surface area contributed by atoms with Gasteiger partial charge in [-0.1, -0.05) is 30.3 Å². The van der Waals surface area contributed by atoms with Crippen LogP contribution in [-0.4, -0.2) is 41.6 Å². The van der Waals surface area contributed by atoms with Gasteiger partial charge >= 0.3 is 0 Å². The number of aromatic nitrogens is 1.